The fraction of sp³-hybridized carbons (Fsp3) is 0.500. The van der Waals surface area contributed by atoms with E-state index in [2.05, 4.69) is 5.92 Å². The minimum Gasteiger partial charge on any atom is -0.454 e. The lowest BCUT2D eigenvalue weighted by atomic mass is 9.97. The van der Waals surface area contributed by atoms with E-state index in [0.29, 0.717) is 25.6 Å². The number of carbonyl (C=O) groups is 1. The van der Waals surface area contributed by atoms with E-state index in [1.807, 2.05) is 23.1 Å². The van der Waals surface area contributed by atoms with Crippen LogP contribution in [0.2, 0.25) is 0 Å². The standard InChI is InChI=1S/C18H21NO4/c1-2-9-21-12-14-5-7-19(8-6-14)18(20)11-15-3-4-16-17(10-15)23-13-22-16/h1,3-4,10,14H,5-9,11-13H2. The van der Waals surface area contributed by atoms with Crippen molar-refractivity contribution in [2.24, 2.45) is 5.92 Å². The number of amides is 1. The van der Waals surface area contributed by atoms with Crippen LogP contribution in [0, 0.1) is 18.3 Å². The van der Waals surface area contributed by atoms with Gasteiger partial charge in [-0.3, -0.25) is 4.79 Å². The molecule has 0 spiro atoms. The van der Waals surface area contributed by atoms with E-state index in [1.54, 1.807) is 0 Å². The summed E-state index contributed by atoms with van der Waals surface area (Å²) in [5.41, 5.74) is 0.957. The van der Waals surface area contributed by atoms with Crippen LogP contribution in [-0.2, 0) is 16.0 Å². The Balaban J connectivity index is 1.47. The van der Waals surface area contributed by atoms with Crippen LogP contribution in [0.15, 0.2) is 18.2 Å². The number of hydrogen-bond donors (Lipinski definition) is 0. The molecule has 0 bridgehead atoms. The van der Waals surface area contributed by atoms with Crippen molar-refractivity contribution in [2.75, 3.05) is 33.1 Å². The van der Waals surface area contributed by atoms with Gasteiger partial charge in [0.15, 0.2) is 11.5 Å². The molecule has 0 aromatic heterocycles. The van der Waals surface area contributed by atoms with Gasteiger partial charge in [0.05, 0.1) is 13.0 Å². The maximum Gasteiger partial charge on any atom is 0.231 e. The van der Waals surface area contributed by atoms with Crippen molar-refractivity contribution < 1.29 is 19.0 Å². The smallest absolute Gasteiger partial charge is 0.231 e. The molecule has 122 valence electrons. The first-order valence-corrected chi connectivity index (χ1v) is 7.94. The molecule has 1 saturated heterocycles. The average molecular weight is 315 g/mol. The van der Waals surface area contributed by atoms with Crippen molar-refractivity contribution in [3.8, 4) is 23.8 Å². The molecular formula is C18H21NO4. The number of carbonyl (C=O) groups excluding carboxylic acids is 1. The lowest BCUT2D eigenvalue weighted by Gasteiger charge is -2.32. The van der Waals surface area contributed by atoms with Crippen molar-refractivity contribution in [1.29, 1.82) is 0 Å². The van der Waals surface area contributed by atoms with Gasteiger partial charge in [0, 0.05) is 13.1 Å². The SMILES string of the molecule is C#CCOCC1CCN(C(=O)Cc2ccc3c(c2)OCO3)CC1. The fourth-order valence-corrected chi connectivity index (χ4v) is 2.97. The predicted molar refractivity (Wildman–Crippen MR) is 85.2 cm³/mol. The first-order valence-electron chi connectivity index (χ1n) is 7.94. The van der Waals surface area contributed by atoms with Crippen molar-refractivity contribution in [3.63, 3.8) is 0 Å². The second kappa shape index (κ2) is 7.38. The molecule has 2 heterocycles. The molecule has 0 aliphatic carbocycles. The summed E-state index contributed by atoms with van der Waals surface area (Å²) in [5.74, 6) is 4.60. The van der Waals surface area contributed by atoms with Crippen molar-refractivity contribution in [3.05, 3.63) is 23.8 Å². The van der Waals surface area contributed by atoms with Crippen LogP contribution >= 0.6 is 0 Å². The van der Waals surface area contributed by atoms with E-state index in [9.17, 15) is 4.79 Å². The molecule has 1 fully saturated rings. The van der Waals surface area contributed by atoms with Gasteiger partial charge in [-0.15, -0.1) is 6.42 Å². The highest BCUT2D eigenvalue weighted by Gasteiger charge is 2.23. The van der Waals surface area contributed by atoms with E-state index >= 15 is 0 Å². The van der Waals surface area contributed by atoms with Gasteiger partial charge >= 0.3 is 0 Å². The van der Waals surface area contributed by atoms with Gasteiger partial charge in [0.1, 0.15) is 6.61 Å². The molecule has 2 aliphatic rings. The molecule has 0 N–H and O–H groups in total. The van der Waals surface area contributed by atoms with Gasteiger partial charge < -0.3 is 19.1 Å². The zero-order valence-electron chi connectivity index (χ0n) is 13.1. The molecule has 23 heavy (non-hydrogen) atoms. The number of terminal acetylenes is 1. The summed E-state index contributed by atoms with van der Waals surface area (Å²) in [7, 11) is 0. The Bertz CT molecular complexity index is 600. The monoisotopic (exact) mass is 315 g/mol. The maximum absolute atomic E-state index is 12.4. The summed E-state index contributed by atoms with van der Waals surface area (Å²) in [4.78, 5) is 14.4. The molecule has 2 aliphatic heterocycles. The number of benzene rings is 1. The van der Waals surface area contributed by atoms with E-state index in [-0.39, 0.29) is 12.7 Å². The minimum absolute atomic E-state index is 0.159. The summed E-state index contributed by atoms with van der Waals surface area (Å²) in [5, 5.41) is 0. The third-order valence-electron chi connectivity index (χ3n) is 4.30. The van der Waals surface area contributed by atoms with Crippen molar-refractivity contribution >= 4 is 5.91 Å². The Labute approximate surface area is 136 Å². The van der Waals surface area contributed by atoms with Crippen LogP contribution in [-0.4, -0.2) is 43.9 Å². The molecule has 5 heteroatoms. The molecule has 3 rings (SSSR count). The number of hydrogen-bond acceptors (Lipinski definition) is 4. The molecule has 0 radical (unpaired) electrons. The van der Waals surface area contributed by atoms with Crippen molar-refractivity contribution in [2.45, 2.75) is 19.3 Å². The zero-order valence-corrected chi connectivity index (χ0v) is 13.1. The number of nitrogens with zero attached hydrogens (tertiary/aromatic N) is 1. The fourth-order valence-electron chi connectivity index (χ4n) is 2.97. The maximum atomic E-state index is 12.4. The van der Waals surface area contributed by atoms with E-state index in [4.69, 9.17) is 20.6 Å². The van der Waals surface area contributed by atoms with Crippen LogP contribution in [0.1, 0.15) is 18.4 Å². The van der Waals surface area contributed by atoms with Crippen molar-refractivity contribution in [1.82, 2.24) is 4.90 Å². The predicted octanol–water partition coefficient (Wildman–Crippen LogP) is 1.85. The minimum atomic E-state index is 0.159. The number of likely N-dealkylation sites (tertiary alicyclic amines) is 1. The van der Waals surface area contributed by atoms with Gasteiger partial charge in [-0.05, 0) is 36.5 Å². The Kier molecular flexibility index (Phi) is 5.04. The lowest BCUT2D eigenvalue weighted by Crippen LogP contribution is -2.40. The van der Waals surface area contributed by atoms with Gasteiger partial charge in [0.25, 0.3) is 0 Å². The molecule has 0 atom stereocenters. The molecule has 0 saturated carbocycles. The second-order valence-electron chi connectivity index (χ2n) is 5.91. The van der Waals surface area contributed by atoms with Gasteiger partial charge in [-0.1, -0.05) is 12.0 Å². The third-order valence-corrected chi connectivity index (χ3v) is 4.30. The summed E-state index contributed by atoms with van der Waals surface area (Å²) in [6, 6.07) is 5.67. The highest BCUT2D eigenvalue weighted by molar-refractivity contribution is 5.79. The summed E-state index contributed by atoms with van der Waals surface area (Å²) < 4.78 is 16.0. The Morgan fingerprint density at radius 3 is 2.87 bits per heavy atom. The van der Waals surface area contributed by atoms with Crippen LogP contribution in [0.5, 0.6) is 11.5 Å². The summed E-state index contributed by atoms with van der Waals surface area (Å²) in [6.45, 7) is 2.88. The molecule has 0 unspecified atom stereocenters. The molecule has 1 aromatic carbocycles. The Morgan fingerprint density at radius 2 is 2.09 bits per heavy atom. The number of rotatable bonds is 5. The van der Waals surface area contributed by atoms with E-state index in [1.165, 1.54) is 0 Å². The molecule has 1 aromatic rings. The lowest BCUT2D eigenvalue weighted by molar-refractivity contribution is -0.132. The first-order chi connectivity index (χ1) is 11.3. The highest BCUT2D eigenvalue weighted by Crippen LogP contribution is 2.32. The number of piperidine rings is 1. The van der Waals surface area contributed by atoms with Gasteiger partial charge in [-0.2, -0.15) is 0 Å². The third kappa shape index (κ3) is 3.96. The Morgan fingerprint density at radius 1 is 1.30 bits per heavy atom. The quantitative estimate of drug-likeness (QED) is 0.614. The number of fused-ring (bicyclic) bond motifs is 1. The average Bonchev–Trinajstić information content (AvgIpc) is 3.03. The summed E-state index contributed by atoms with van der Waals surface area (Å²) in [6.07, 6.45) is 7.51. The first kappa shape index (κ1) is 15.7. The van der Waals surface area contributed by atoms with Gasteiger partial charge in [0.2, 0.25) is 12.7 Å². The van der Waals surface area contributed by atoms with Crippen LogP contribution < -0.4 is 9.47 Å². The number of ether oxygens (including phenoxy) is 3. The van der Waals surface area contributed by atoms with Crippen LogP contribution in [0.3, 0.4) is 0 Å². The zero-order chi connectivity index (χ0) is 16.1. The second-order valence-corrected chi connectivity index (χ2v) is 5.91. The topological polar surface area (TPSA) is 48.0 Å². The molecule has 1 amide bonds. The normalized spacial score (nSPS) is 17.1. The van der Waals surface area contributed by atoms with E-state index < -0.39 is 0 Å². The van der Waals surface area contributed by atoms with E-state index in [0.717, 1.165) is 43.0 Å². The largest absolute Gasteiger partial charge is 0.454 e. The summed E-state index contributed by atoms with van der Waals surface area (Å²) >= 11 is 0. The Hall–Kier alpha value is -2.19. The van der Waals surface area contributed by atoms with Crippen LogP contribution in [0.4, 0.5) is 0 Å². The van der Waals surface area contributed by atoms with Crippen LogP contribution in [0.25, 0.3) is 0 Å². The van der Waals surface area contributed by atoms with Gasteiger partial charge in [-0.25, -0.2) is 0 Å². The molecular weight excluding hydrogens is 294 g/mol. The molecule has 5 nitrogen and oxygen atoms in total. The highest BCUT2D eigenvalue weighted by atomic mass is 16.7.